The van der Waals surface area contributed by atoms with Gasteiger partial charge >= 0.3 is 0 Å². The van der Waals surface area contributed by atoms with E-state index in [0.717, 1.165) is 31.7 Å². The summed E-state index contributed by atoms with van der Waals surface area (Å²) in [6.45, 7) is 6.83. The summed E-state index contributed by atoms with van der Waals surface area (Å²) in [7, 11) is 1.61. The fourth-order valence-corrected chi connectivity index (χ4v) is 1.29. The van der Waals surface area contributed by atoms with E-state index in [1.807, 2.05) is 6.92 Å². The van der Waals surface area contributed by atoms with Gasteiger partial charge in [0.25, 0.3) is 0 Å². The zero-order chi connectivity index (χ0) is 11.8. The Morgan fingerprint density at radius 3 is 2.75 bits per heavy atom. The lowest BCUT2D eigenvalue weighted by atomic mass is 10.4. The zero-order valence-corrected chi connectivity index (χ0v) is 10.2. The highest BCUT2D eigenvalue weighted by Gasteiger charge is 2.00. The molecule has 0 saturated carbocycles. The number of methoxy groups -OCH3 is 1. The van der Waals surface area contributed by atoms with E-state index in [2.05, 4.69) is 27.5 Å². The molecule has 0 amide bonds. The second kappa shape index (κ2) is 7.00. The second-order valence-electron chi connectivity index (χ2n) is 3.55. The van der Waals surface area contributed by atoms with Crippen LogP contribution in [0.3, 0.4) is 0 Å². The number of nitrogens with one attached hydrogen (secondary N) is 2. The average Bonchev–Trinajstić information content (AvgIpc) is 2.28. The van der Waals surface area contributed by atoms with E-state index in [1.165, 1.54) is 0 Å². The van der Waals surface area contributed by atoms with Crippen molar-refractivity contribution in [2.75, 3.05) is 32.1 Å². The molecule has 0 radical (unpaired) electrons. The standard InChI is InChI=1S/C11H20N4O/c1-4-5-12-6-7-13-11-14-9(2)8-10(15-11)16-3/h8,12H,4-7H2,1-3H3,(H,13,14,15). The Balaban J connectivity index is 2.38. The van der Waals surface area contributed by atoms with Crippen molar-refractivity contribution in [2.24, 2.45) is 0 Å². The molecule has 0 aliphatic carbocycles. The Morgan fingerprint density at radius 1 is 1.25 bits per heavy atom. The Labute approximate surface area is 96.6 Å². The molecule has 0 aromatic carbocycles. The van der Waals surface area contributed by atoms with Gasteiger partial charge in [0.15, 0.2) is 0 Å². The summed E-state index contributed by atoms with van der Waals surface area (Å²) in [5.41, 5.74) is 0.899. The van der Waals surface area contributed by atoms with E-state index in [-0.39, 0.29) is 0 Å². The summed E-state index contributed by atoms with van der Waals surface area (Å²) >= 11 is 0. The quantitative estimate of drug-likeness (QED) is 0.682. The van der Waals surface area contributed by atoms with E-state index in [0.29, 0.717) is 11.8 Å². The molecular weight excluding hydrogens is 204 g/mol. The van der Waals surface area contributed by atoms with E-state index >= 15 is 0 Å². The van der Waals surface area contributed by atoms with Crippen molar-refractivity contribution < 1.29 is 4.74 Å². The maximum Gasteiger partial charge on any atom is 0.226 e. The van der Waals surface area contributed by atoms with Crippen LogP contribution >= 0.6 is 0 Å². The summed E-state index contributed by atoms with van der Waals surface area (Å²) in [6, 6.07) is 1.81. The number of hydrogen-bond acceptors (Lipinski definition) is 5. The van der Waals surface area contributed by atoms with E-state index < -0.39 is 0 Å². The van der Waals surface area contributed by atoms with Gasteiger partial charge in [-0.3, -0.25) is 0 Å². The van der Waals surface area contributed by atoms with Gasteiger partial charge in [-0.05, 0) is 19.9 Å². The SMILES string of the molecule is CCCNCCNc1nc(C)cc(OC)n1. The number of anilines is 1. The van der Waals surface area contributed by atoms with E-state index in [1.54, 1.807) is 13.2 Å². The molecule has 0 fully saturated rings. The molecule has 5 heteroatoms. The first-order valence-electron chi connectivity index (χ1n) is 5.60. The summed E-state index contributed by atoms with van der Waals surface area (Å²) in [5.74, 6) is 1.21. The highest BCUT2D eigenvalue weighted by Crippen LogP contribution is 2.10. The predicted octanol–water partition coefficient (Wildman–Crippen LogP) is 1.21. The van der Waals surface area contributed by atoms with Crippen LogP contribution in [0.25, 0.3) is 0 Å². The molecule has 16 heavy (non-hydrogen) atoms. The maximum atomic E-state index is 5.07. The van der Waals surface area contributed by atoms with Gasteiger partial charge in [-0.25, -0.2) is 4.98 Å². The van der Waals surface area contributed by atoms with Crippen LogP contribution in [0.4, 0.5) is 5.95 Å². The first kappa shape index (κ1) is 12.7. The Bertz CT molecular complexity index is 317. The summed E-state index contributed by atoms with van der Waals surface area (Å²) in [4.78, 5) is 8.47. The number of aromatic nitrogens is 2. The largest absolute Gasteiger partial charge is 0.481 e. The highest BCUT2D eigenvalue weighted by atomic mass is 16.5. The van der Waals surface area contributed by atoms with Gasteiger partial charge in [0.1, 0.15) is 0 Å². The molecule has 0 atom stereocenters. The molecule has 0 saturated heterocycles. The topological polar surface area (TPSA) is 59.1 Å². The summed E-state index contributed by atoms with van der Waals surface area (Å²) in [5, 5.41) is 6.45. The number of hydrogen-bond donors (Lipinski definition) is 2. The summed E-state index contributed by atoms with van der Waals surface area (Å²) < 4.78 is 5.07. The van der Waals surface area contributed by atoms with Crippen LogP contribution in [0.1, 0.15) is 19.0 Å². The first-order chi connectivity index (χ1) is 7.76. The van der Waals surface area contributed by atoms with Crippen molar-refractivity contribution in [1.29, 1.82) is 0 Å². The van der Waals surface area contributed by atoms with Crippen LogP contribution < -0.4 is 15.4 Å². The average molecular weight is 224 g/mol. The number of nitrogens with zero attached hydrogens (tertiary/aromatic N) is 2. The molecule has 0 aliphatic rings. The molecule has 0 spiro atoms. The minimum Gasteiger partial charge on any atom is -0.481 e. The van der Waals surface area contributed by atoms with Crippen molar-refractivity contribution in [3.63, 3.8) is 0 Å². The van der Waals surface area contributed by atoms with Crippen LogP contribution in [0.2, 0.25) is 0 Å². The smallest absolute Gasteiger partial charge is 0.226 e. The van der Waals surface area contributed by atoms with E-state index in [4.69, 9.17) is 4.74 Å². The lowest BCUT2D eigenvalue weighted by Crippen LogP contribution is -2.23. The number of ether oxygens (including phenoxy) is 1. The van der Waals surface area contributed by atoms with Crippen LogP contribution in [-0.2, 0) is 0 Å². The summed E-state index contributed by atoms with van der Waals surface area (Å²) in [6.07, 6.45) is 1.15. The van der Waals surface area contributed by atoms with Gasteiger partial charge in [0, 0.05) is 24.8 Å². The molecule has 1 aromatic rings. The maximum absolute atomic E-state index is 5.07. The van der Waals surface area contributed by atoms with Gasteiger partial charge in [-0.1, -0.05) is 6.92 Å². The Morgan fingerprint density at radius 2 is 2.06 bits per heavy atom. The molecule has 1 heterocycles. The van der Waals surface area contributed by atoms with Gasteiger partial charge in [0.05, 0.1) is 7.11 Å². The monoisotopic (exact) mass is 224 g/mol. The first-order valence-corrected chi connectivity index (χ1v) is 5.60. The fraction of sp³-hybridized carbons (Fsp3) is 0.636. The third kappa shape index (κ3) is 4.44. The minimum absolute atomic E-state index is 0.594. The minimum atomic E-state index is 0.594. The number of aryl methyl sites for hydroxylation is 1. The normalized spacial score (nSPS) is 10.2. The number of rotatable bonds is 7. The Kier molecular flexibility index (Phi) is 5.56. The molecule has 1 rings (SSSR count). The molecule has 90 valence electrons. The van der Waals surface area contributed by atoms with Gasteiger partial charge in [0.2, 0.25) is 11.8 Å². The molecule has 5 nitrogen and oxygen atoms in total. The Hall–Kier alpha value is -1.36. The van der Waals surface area contributed by atoms with Crippen molar-refractivity contribution >= 4 is 5.95 Å². The third-order valence-corrected chi connectivity index (χ3v) is 2.05. The van der Waals surface area contributed by atoms with E-state index in [9.17, 15) is 0 Å². The van der Waals surface area contributed by atoms with Gasteiger partial charge in [-0.15, -0.1) is 0 Å². The third-order valence-electron chi connectivity index (χ3n) is 2.05. The highest BCUT2D eigenvalue weighted by molar-refractivity contribution is 5.30. The van der Waals surface area contributed by atoms with Crippen LogP contribution in [-0.4, -0.2) is 36.7 Å². The van der Waals surface area contributed by atoms with Crippen LogP contribution in [0.5, 0.6) is 5.88 Å². The zero-order valence-electron chi connectivity index (χ0n) is 10.2. The van der Waals surface area contributed by atoms with Crippen molar-refractivity contribution in [1.82, 2.24) is 15.3 Å². The molecule has 1 aromatic heterocycles. The predicted molar refractivity (Wildman–Crippen MR) is 65.0 cm³/mol. The lowest BCUT2D eigenvalue weighted by molar-refractivity contribution is 0.397. The van der Waals surface area contributed by atoms with Crippen molar-refractivity contribution in [3.8, 4) is 5.88 Å². The molecule has 0 bridgehead atoms. The molecule has 2 N–H and O–H groups in total. The molecule has 0 unspecified atom stereocenters. The molecular formula is C11H20N4O. The lowest BCUT2D eigenvalue weighted by Gasteiger charge is -2.07. The fourth-order valence-electron chi connectivity index (χ4n) is 1.29. The van der Waals surface area contributed by atoms with Gasteiger partial charge < -0.3 is 15.4 Å². The van der Waals surface area contributed by atoms with Crippen LogP contribution in [0.15, 0.2) is 6.07 Å². The van der Waals surface area contributed by atoms with Crippen LogP contribution in [0, 0.1) is 6.92 Å². The van der Waals surface area contributed by atoms with Crippen molar-refractivity contribution in [3.05, 3.63) is 11.8 Å². The second-order valence-corrected chi connectivity index (χ2v) is 3.55. The van der Waals surface area contributed by atoms with Gasteiger partial charge in [-0.2, -0.15) is 4.98 Å². The van der Waals surface area contributed by atoms with Crippen molar-refractivity contribution in [2.45, 2.75) is 20.3 Å². The molecule has 0 aliphatic heterocycles.